The summed E-state index contributed by atoms with van der Waals surface area (Å²) in [7, 11) is 0. The van der Waals surface area contributed by atoms with Gasteiger partial charge in [0.25, 0.3) is 0 Å². The topological polar surface area (TPSA) is 51.2 Å². The lowest BCUT2D eigenvalue weighted by molar-refractivity contribution is -0.129. The van der Waals surface area contributed by atoms with Crippen LogP contribution < -0.4 is 0 Å². The first kappa shape index (κ1) is 28.8. The second kappa shape index (κ2) is 13.7. The highest BCUT2D eigenvalue weighted by molar-refractivity contribution is 6.01. The van der Waals surface area contributed by atoms with Gasteiger partial charge in [-0.15, -0.1) is 0 Å². The van der Waals surface area contributed by atoms with E-state index in [0.29, 0.717) is 6.42 Å². The van der Waals surface area contributed by atoms with E-state index in [1.54, 1.807) is 0 Å². The summed E-state index contributed by atoms with van der Waals surface area (Å²) in [6.07, 6.45) is 19.7. The van der Waals surface area contributed by atoms with E-state index in [4.69, 9.17) is 0 Å². The number of carbonyl (C=O) groups excluding carboxylic acids is 3. The van der Waals surface area contributed by atoms with Crippen LogP contribution in [0.3, 0.4) is 0 Å². The van der Waals surface area contributed by atoms with Crippen molar-refractivity contribution in [2.24, 2.45) is 17.8 Å². The van der Waals surface area contributed by atoms with E-state index in [-0.39, 0.29) is 41.5 Å². The zero-order valence-corrected chi connectivity index (χ0v) is 23.4. The minimum atomic E-state index is -0.107. The second-order valence-corrected chi connectivity index (χ2v) is 11.1. The second-order valence-electron chi connectivity index (χ2n) is 11.1. The maximum absolute atomic E-state index is 13.5. The highest BCUT2D eigenvalue weighted by Crippen LogP contribution is 2.39. The molecule has 0 bridgehead atoms. The van der Waals surface area contributed by atoms with Crippen molar-refractivity contribution in [1.82, 2.24) is 0 Å². The molecule has 0 N–H and O–H groups in total. The predicted molar refractivity (Wildman–Crippen MR) is 154 cm³/mol. The van der Waals surface area contributed by atoms with Crippen molar-refractivity contribution in [3.8, 4) is 0 Å². The van der Waals surface area contributed by atoms with Gasteiger partial charge in [0.2, 0.25) is 0 Å². The van der Waals surface area contributed by atoms with Crippen LogP contribution in [0.15, 0.2) is 54.2 Å². The molecule has 0 aliphatic heterocycles. The first-order valence-electron chi connectivity index (χ1n) is 14.1. The zero-order chi connectivity index (χ0) is 26.9. The van der Waals surface area contributed by atoms with Gasteiger partial charge in [0.05, 0.1) is 6.42 Å². The number of carbonyl (C=O) groups is 3. The lowest BCUT2D eigenvalue weighted by atomic mass is 9.71. The molecule has 3 heteroatoms. The maximum Gasteiger partial charge on any atom is 0.163 e. The molecule has 3 rings (SSSR count). The number of rotatable bonds is 10. The lowest BCUT2D eigenvalue weighted by Crippen LogP contribution is -2.30. The van der Waals surface area contributed by atoms with Crippen LogP contribution in [0.5, 0.6) is 0 Å². The Balaban J connectivity index is 1.95. The van der Waals surface area contributed by atoms with Crippen molar-refractivity contribution >= 4 is 22.9 Å². The lowest BCUT2D eigenvalue weighted by Gasteiger charge is -2.33. The molecule has 0 amide bonds. The Morgan fingerprint density at radius 3 is 2.41 bits per heavy atom. The molecule has 0 heterocycles. The molecule has 1 aromatic carbocycles. The Morgan fingerprint density at radius 2 is 1.73 bits per heavy atom. The number of fused-ring (bicyclic) bond motifs is 1. The highest BCUT2D eigenvalue weighted by atomic mass is 16.1. The molecule has 2 aliphatic carbocycles. The Labute approximate surface area is 223 Å². The first-order valence-corrected chi connectivity index (χ1v) is 14.1. The highest BCUT2D eigenvalue weighted by Gasteiger charge is 2.34. The average molecular weight is 501 g/mol. The van der Waals surface area contributed by atoms with Crippen LogP contribution >= 0.6 is 0 Å². The summed E-state index contributed by atoms with van der Waals surface area (Å²) < 4.78 is 0. The number of ketones is 3. The molecular formula is C34H44O3. The third kappa shape index (κ3) is 7.60. The quantitative estimate of drug-likeness (QED) is 0.303. The Bertz CT molecular complexity index is 1130. The summed E-state index contributed by atoms with van der Waals surface area (Å²) in [6.45, 7) is 9.90. The summed E-state index contributed by atoms with van der Waals surface area (Å²) >= 11 is 0. The largest absolute Gasteiger partial charge is 0.300 e. The van der Waals surface area contributed by atoms with Gasteiger partial charge in [0.15, 0.2) is 5.78 Å². The fourth-order valence-electron chi connectivity index (χ4n) is 6.23. The standard InChI is InChI=1S/C34H44O3/c1-6-12-28(29(7-2)32(36)19-25(5)35)20-26-21-31-30(18-16-24(4)34(31)33(37)22-26)27-14-11-9-8-10-13-23(3)15-17-27/h8-11,15-18,26,28-29H,6-7,12-14,19-22H2,1-5H3/b10-8-,11-9-,23-15-,27-17+. The van der Waals surface area contributed by atoms with E-state index >= 15 is 0 Å². The number of Topliss-reactive ketones (excluding diaryl/α,β-unsaturated/α-hetero) is 3. The normalized spacial score (nSPS) is 24.0. The molecule has 2 aliphatic rings. The van der Waals surface area contributed by atoms with Crippen LogP contribution in [-0.4, -0.2) is 17.3 Å². The van der Waals surface area contributed by atoms with Crippen molar-refractivity contribution in [2.45, 2.75) is 92.4 Å². The molecule has 0 saturated heterocycles. The van der Waals surface area contributed by atoms with Crippen LogP contribution in [0.4, 0.5) is 0 Å². The van der Waals surface area contributed by atoms with Crippen molar-refractivity contribution in [2.75, 3.05) is 0 Å². The van der Waals surface area contributed by atoms with Gasteiger partial charge >= 0.3 is 0 Å². The molecule has 3 unspecified atom stereocenters. The molecule has 3 nitrogen and oxygen atoms in total. The van der Waals surface area contributed by atoms with E-state index in [1.165, 1.54) is 29.2 Å². The van der Waals surface area contributed by atoms with Crippen molar-refractivity contribution in [3.63, 3.8) is 0 Å². The van der Waals surface area contributed by atoms with Crippen LogP contribution in [0, 0.1) is 24.7 Å². The average Bonchev–Trinajstić information content (AvgIpc) is 2.83. The van der Waals surface area contributed by atoms with E-state index in [2.05, 4.69) is 69.4 Å². The van der Waals surface area contributed by atoms with Crippen molar-refractivity contribution in [3.05, 3.63) is 76.4 Å². The molecule has 3 atom stereocenters. The molecule has 0 fully saturated rings. The summed E-state index contributed by atoms with van der Waals surface area (Å²) in [5, 5.41) is 0. The molecule has 0 spiro atoms. The number of hydrogen-bond donors (Lipinski definition) is 0. The van der Waals surface area contributed by atoms with Gasteiger partial charge in [-0.05, 0) is 87.0 Å². The fourth-order valence-corrected chi connectivity index (χ4v) is 6.23. The van der Waals surface area contributed by atoms with E-state index in [1.807, 2.05) is 6.92 Å². The van der Waals surface area contributed by atoms with Gasteiger partial charge < -0.3 is 0 Å². The third-order valence-corrected chi connectivity index (χ3v) is 7.98. The van der Waals surface area contributed by atoms with Gasteiger partial charge in [-0.2, -0.15) is 0 Å². The van der Waals surface area contributed by atoms with Crippen LogP contribution in [0.2, 0.25) is 0 Å². The van der Waals surface area contributed by atoms with Gasteiger partial charge in [0.1, 0.15) is 11.6 Å². The molecular weight excluding hydrogens is 456 g/mol. The first-order chi connectivity index (χ1) is 17.7. The van der Waals surface area contributed by atoms with Gasteiger partial charge in [0, 0.05) is 17.9 Å². The monoisotopic (exact) mass is 500 g/mol. The molecule has 37 heavy (non-hydrogen) atoms. The Kier molecular flexibility index (Phi) is 10.6. The van der Waals surface area contributed by atoms with Gasteiger partial charge in [-0.25, -0.2) is 0 Å². The van der Waals surface area contributed by atoms with Gasteiger partial charge in [-0.1, -0.05) is 80.9 Å². The van der Waals surface area contributed by atoms with Crippen molar-refractivity contribution < 1.29 is 14.4 Å². The maximum atomic E-state index is 13.5. The van der Waals surface area contributed by atoms with E-state index in [9.17, 15) is 14.4 Å². The van der Waals surface area contributed by atoms with Crippen LogP contribution in [0.1, 0.15) is 106 Å². The smallest absolute Gasteiger partial charge is 0.163 e. The van der Waals surface area contributed by atoms with Crippen LogP contribution in [-0.2, 0) is 16.0 Å². The van der Waals surface area contributed by atoms with Crippen LogP contribution in [0.25, 0.3) is 5.57 Å². The number of benzene rings is 1. The minimum Gasteiger partial charge on any atom is -0.300 e. The number of allylic oxidation sites excluding steroid dienone is 8. The third-order valence-electron chi connectivity index (χ3n) is 7.98. The van der Waals surface area contributed by atoms with Crippen molar-refractivity contribution in [1.29, 1.82) is 0 Å². The van der Waals surface area contributed by atoms with E-state index in [0.717, 1.165) is 56.1 Å². The Morgan fingerprint density at radius 1 is 1.00 bits per heavy atom. The number of hydrogen-bond acceptors (Lipinski definition) is 3. The molecule has 1 aromatic rings. The zero-order valence-electron chi connectivity index (χ0n) is 23.4. The predicted octanol–water partition coefficient (Wildman–Crippen LogP) is 8.36. The summed E-state index contributed by atoms with van der Waals surface area (Å²) in [4.78, 5) is 38.1. The Hall–Kier alpha value is -2.81. The van der Waals surface area contributed by atoms with Gasteiger partial charge in [-0.3, -0.25) is 14.4 Å². The SMILES string of the molecule is CCCC(CC1CC(=O)c2c(C)ccc(/C3=C/C=C(/C)C/C=C\C=C/C3)c2C1)C(CC)C(=O)CC(C)=O. The minimum absolute atomic E-state index is 0.0261. The number of aryl methyl sites for hydroxylation is 1. The summed E-state index contributed by atoms with van der Waals surface area (Å²) in [6, 6.07) is 4.29. The summed E-state index contributed by atoms with van der Waals surface area (Å²) in [5.41, 5.74) is 6.87. The molecule has 198 valence electrons. The summed E-state index contributed by atoms with van der Waals surface area (Å²) in [5.74, 6) is 0.560. The molecule has 0 radical (unpaired) electrons. The van der Waals surface area contributed by atoms with E-state index < -0.39 is 0 Å². The molecule has 0 saturated carbocycles. The molecule has 0 aromatic heterocycles. The fraction of sp³-hybridized carbons (Fsp3) is 0.500.